The molecule has 2 heterocycles. The summed E-state index contributed by atoms with van der Waals surface area (Å²) in [6.45, 7) is 2.22. The molecule has 2 amide bonds. The van der Waals surface area contributed by atoms with Crippen LogP contribution in [0.3, 0.4) is 0 Å². The first-order valence-corrected chi connectivity index (χ1v) is 13.4. The Hall–Kier alpha value is -4.24. The van der Waals surface area contributed by atoms with Crippen LogP contribution in [0.15, 0.2) is 72.9 Å². The summed E-state index contributed by atoms with van der Waals surface area (Å²) in [5, 5.41) is 3.92. The number of nitrogens with zero attached hydrogens (tertiary/aromatic N) is 1. The molecular formula is C31H32F2N4O3. The zero-order valence-corrected chi connectivity index (χ0v) is 22.3. The zero-order valence-electron chi connectivity index (χ0n) is 22.3. The number of benzene rings is 3. The van der Waals surface area contributed by atoms with Crippen LogP contribution in [0, 0.1) is 0 Å². The third kappa shape index (κ3) is 6.15. The lowest BCUT2D eigenvalue weighted by Crippen LogP contribution is -2.42. The number of aromatic nitrogens is 1. The van der Waals surface area contributed by atoms with Gasteiger partial charge in [0.05, 0.1) is 5.56 Å². The highest BCUT2D eigenvalue weighted by molar-refractivity contribution is 5.99. The van der Waals surface area contributed by atoms with Crippen molar-refractivity contribution < 1.29 is 23.1 Å². The van der Waals surface area contributed by atoms with Gasteiger partial charge in [-0.05, 0) is 66.3 Å². The second-order valence-corrected chi connectivity index (χ2v) is 10.2. The minimum absolute atomic E-state index is 0.0484. The van der Waals surface area contributed by atoms with Crippen molar-refractivity contribution in [2.24, 2.45) is 5.73 Å². The quantitative estimate of drug-likeness (QED) is 0.263. The number of nitrogens with one attached hydrogen (secondary N) is 2. The van der Waals surface area contributed by atoms with Gasteiger partial charge < -0.3 is 25.7 Å². The van der Waals surface area contributed by atoms with Crippen LogP contribution in [0.4, 0.5) is 8.78 Å². The summed E-state index contributed by atoms with van der Waals surface area (Å²) in [5.74, 6) is -0.882. The normalized spacial score (nSPS) is 14.3. The number of hydrogen-bond acceptors (Lipinski definition) is 4. The van der Waals surface area contributed by atoms with Gasteiger partial charge in [0.15, 0.2) is 0 Å². The van der Waals surface area contributed by atoms with E-state index in [0.717, 1.165) is 42.4 Å². The topological polar surface area (TPSA) is 100 Å². The van der Waals surface area contributed by atoms with Gasteiger partial charge in [-0.3, -0.25) is 9.59 Å². The van der Waals surface area contributed by atoms with Gasteiger partial charge in [-0.25, -0.2) is 0 Å². The number of nitrogens with two attached hydrogens (primary N) is 1. The number of H-pyrrole nitrogens is 1. The minimum Gasteiger partial charge on any atom is -0.432 e. The van der Waals surface area contributed by atoms with Gasteiger partial charge >= 0.3 is 6.11 Å². The number of para-hydroxylation sites is 1. The van der Waals surface area contributed by atoms with E-state index in [1.54, 1.807) is 24.3 Å². The standard InChI is InChI=1S/C31H32F2N4O3/c1-31(32,33)40-28-12-11-21(20-7-6-8-22(15-20)30(39)37-13-4-5-14-37)17-26(28)29(38)36-24(18-34)16-23-19-35-27-10-3-2-9-25(23)27/h2-3,6-12,15,17,19,24,35H,4-5,13-14,16,18,34H2,1H3,(H,36,38). The number of fused-ring (bicyclic) bond motifs is 1. The fourth-order valence-electron chi connectivity index (χ4n) is 5.13. The van der Waals surface area contributed by atoms with E-state index < -0.39 is 18.1 Å². The third-order valence-electron chi connectivity index (χ3n) is 7.11. The van der Waals surface area contributed by atoms with E-state index in [-0.39, 0.29) is 23.8 Å². The first-order valence-electron chi connectivity index (χ1n) is 13.4. The molecule has 5 rings (SSSR count). The molecule has 1 aliphatic heterocycles. The van der Waals surface area contributed by atoms with Gasteiger partial charge in [0.25, 0.3) is 11.8 Å². The van der Waals surface area contributed by atoms with Crippen LogP contribution in [0.25, 0.3) is 22.0 Å². The number of likely N-dealkylation sites (tertiary alicyclic amines) is 1. The maximum atomic E-state index is 13.9. The van der Waals surface area contributed by atoms with Crippen LogP contribution >= 0.6 is 0 Å². The van der Waals surface area contributed by atoms with E-state index >= 15 is 0 Å². The Morgan fingerprint density at radius 2 is 1.80 bits per heavy atom. The number of aromatic amines is 1. The van der Waals surface area contributed by atoms with Crippen molar-refractivity contribution in [3.05, 3.63) is 89.6 Å². The van der Waals surface area contributed by atoms with E-state index in [2.05, 4.69) is 10.3 Å². The van der Waals surface area contributed by atoms with Crippen LogP contribution in [0.2, 0.25) is 0 Å². The predicted octanol–water partition coefficient (Wildman–Crippen LogP) is 5.36. The van der Waals surface area contributed by atoms with E-state index in [9.17, 15) is 18.4 Å². The fraction of sp³-hybridized carbons (Fsp3) is 0.290. The maximum absolute atomic E-state index is 13.9. The van der Waals surface area contributed by atoms with Gasteiger partial charge in [0.1, 0.15) is 5.75 Å². The molecule has 1 unspecified atom stereocenters. The minimum atomic E-state index is -3.49. The maximum Gasteiger partial charge on any atom is 0.394 e. The molecule has 1 saturated heterocycles. The van der Waals surface area contributed by atoms with Crippen LogP contribution in [0.1, 0.15) is 46.0 Å². The lowest BCUT2D eigenvalue weighted by Gasteiger charge is -2.20. The van der Waals surface area contributed by atoms with Crippen molar-refractivity contribution in [1.82, 2.24) is 15.2 Å². The Kier molecular flexibility index (Phi) is 7.84. The van der Waals surface area contributed by atoms with Crippen molar-refractivity contribution >= 4 is 22.7 Å². The van der Waals surface area contributed by atoms with Crippen molar-refractivity contribution in [3.63, 3.8) is 0 Å². The number of rotatable bonds is 9. The monoisotopic (exact) mass is 546 g/mol. The van der Waals surface area contributed by atoms with Gasteiger partial charge in [0, 0.05) is 55.3 Å². The molecule has 9 heteroatoms. The summed E-state index contributed by atoms with van der Waals surface area (Å²) in [7, 11) is 0. The van der Waals surface area contributed by atoms with E-state index in [4.69, 9.17) is 10.5 Å². The van der Waals surface area contributed by atoms with Gasteiger partial charge in [0.2, 0.25) is 0 Å². The highest BCUT2D eigenvalue weighted by atomic mass is 19.3. The lowest BCUT2D eigenvalue weighted by atomic mass is 9.99. The summed E-state index contributed by atoms with van der Waals surface area (Å²) in [5.41, 5.74) is 9.72. The fourth-order valence-corrected chi connectivity index (χ4v) is 5.13. The third-order valence-corrected chi connectivity index (χ3v) is 7.11. The Morgan fingerprint density at radius 1 is 1.05 bits per heavy atom. The molecule has 208 valence electrons. The summed E-state index contributed by atoms with van der Waals surface area (Å²) in [6.07, 6.45) is 0.806. The second-order valence-electron chi connectivity index (χ2n) is 10.2. The number of ether oxygens (including phenoxy) is 1. The highest BCUT2D eigenvalue weighted by Crippen LogP contribution is 2.31. The van der Waals surface area contributed by atoms with E-state index in [1.807, 2.05) is 41.4 Å². The number of hydrogen-bond donors (Lipinski definition) is 3. The molecule has 0 saturated carbocycles. The summed E-state index contributed by atoms with van der Waals surface area (Å²) < 4.78 is 32.6. The molecule has 1 fully saturated rings. The molecule has 0 radical (unpaired) electrons. The number of amides is 2. The first-order chi connectivity index (χ1) is 19.2. The molecule has 1 atom stereocenters. The van der Waals surface area contributed by atoms with Gasteiger partial charge in [-0.15, -0.1) is 0 Å². The molecule has 0 spiro atoms. The number of carbonyl (C=O) groups is 2. The molecule has 0 bridgehead atoms. The number of halogens is 2. The van der Waals surface area contributed by atoms with Crippen molar-refractivity contribution in [2.75, 3.05) is 19.6 Å². The number of alkyl halides is 2. The lowest BCUT2D eigenvalue weighted by molar-refractivity contribution is -0.159. The van der Waals surface area contributed by atoms with Crippen LogP contribution in [0.5, 0.6) is 5.75 Å². The largest absolute Gasteiger partial charge is 0.432 e. The average molecular weight is 547 g/mol. The Bertz CT molecular complexity index is 1520. The molecule has 3 aromatic carbocycles. The highest BCUT2D eigenvalue weighted by Gasteiger charge is 2.28. The average Bonchev–Trinajstić information content (AvgIpc) is 3.62. The molecule has 4 N–H and O–H groups in total. The smallest absolute Gasteiger partial charge is 0.394 e. The van der Waals surface area contributed by atoms with Crippen molar-refractivity contribution in [1.29, 1.82) is 0 Å². The van der Waals surface area contributed by atoms with Crippen LogP contribution in [-0.4, -0.2) is 53.5 Å². The molecule has 1 aliphatic rings. The Balaban J connectivity index is 1.42. The summed E-state index contributed by atoms with van der Waals surface area (Å²) in [4.78, 5) is 31.4. The van der Waals surface area contributed by atoms with E-state index in [1.165, 1.54) is 12.1 Å². The SMILES string of the molecule is CC(F)(F)Oc1ccc(-c2cccc(C(=O)N3CCCC3)c2)cc1C(=O)NC(CN)Cc1c[nH]c2ccccc12. The van der Waals surface area contributed by atoms with Crippen LogP contribution in [-0.2, 0) is 6.42 Å². The van der Waals surface area contributed by atoms with Crippen molar-refractivity contribution in [3.8, 4) is 16.9 Å². The van der Waals surface area contributed by atoms with Crippen LogP contribution < -0.4 is 15.8 Å². The molecule has 0 aliphatic carbocycles. The molecular weight excluding hydrogens is 514 g/mol. The summed E-state index contributed by atoms with van der Waals surface area (Å²) in [6, 6.07) is 18.9. The second kappa shape index (κ2) is 11.5. The predicted molar refractivity (Wildman–Crippen MR) is 151 cm³/mol. The first kappa shape index (κ1) is 27.3. The van der Waals surface area contributed by atoms with Crippen molar-refractivity contribution in [2.45, 2.75) is 38.3 Å². The van der Waals surface area contributed by atoms with Gasteiger partial charge in [-0.2, -0.15) is 8.78 Å². The Morgan fingerprint density at radius 3 is 2.55 bits per heavy atom. The Labute approximate surface area is 231 Å². The zero-order chi connectivity index (χ0) is 28.3. The van der Waals surface area contributed by atoms with E-state index in [0.29, 0.717) is 30.0 Å². The summed E-state index contributed by atoms with van der Waals surface area (Å²) >= 11 is 0. The molecule has 7 nitrogen and oxygen atoms in total. The molecule has 40 heavy (non-hydrogen) atoms. The number of carbonyl (C=O) groups excluding carboxylic acids is 2. The van der Waals surface area contributed by atoms with Gasteiger partial charge in [-0.1, -0.05) is 36.4 Å². The molecule has 1 aromatic heterocycles. The molecule has 4 aromatic rings.